The molecule has 2 aromatic rings. The molecule has 0 saturated heterocycles. The maximum Gasteiger partial charge on any atom is 0.331 e. The molecular weight excluding hydrogens is 322 g/mol. The van der Waals surface area contributed by atoms with Gasteiger partial charge < -0.3 is 9.47 Å². The molecular formula is C18H21N3O4. The molecule has 132 valence electrons. The third kappa shape index (κ3) is 4.51. The van der Waals surface area contributed by atoms with E-state index < -0.39 is 11.2 Å². The second-order valence-corrected chi connectivity index (χ2v) is 5.35. The largest absolute Gasteiger partial charge is 0.494 e. The lowest BCUT2D eigenvalue weighted by molar-refractivity contribution is 0.289. The summed E-state index contributed by atoms with van der Waals surface area (Å²) >= 11 is 0. The van der Waals surface area contributed by atoms with Crippen LogP contribution in [0.2, 0.25) is 0 Å². The maximum absolute atomic E-state index is 12.2. The highest BCUT2D eigenvalue weighted by atomic mass is 16.5. The van der Waals surface area contributed by atoms with E-state index in [1.54, 1.807) is 31.2 Å². The first kappa shape index (κ1) is 18.3. The molecule has 0 atom stereocenters. The van der Waals surface area contributed by atoms with Crippen molar-refractivity contribution in [3.63, 3.8) is 0 Å². The maximum atomic E-state index is 12.2. The summed E-state index contributed by atoms with van der Waals surface area (Å²) in [6.45, 7) is 5.06. The van der Waals surface area contributed by atoms with Crippen molar-refractivity contribution in [2.24, 2.45) is 0 Å². The highest BCUT2D eigenvalue weighted by molar-refractivity contribution is 5.31. The molecule has 2 rings (SSSR count). The zero-order chi connectivity index (χ0) is 18.2. The fourth-order valence-electron chi connectivity index (χ4n) is 2.26. The van der Waals surface area contributed by atoms with Gasteiger partial charge in [0.1, 0.15) is 29.7 Å². The molecule has 0 radical (unpaired) electrons. The van der Waals surface area contributed by atoms with Crippen LogP contribution in [0.1, 0.15) is 25.8 Å². The molecule has 0 aliphatic carbocycles. The molecule has 1 aromatic heterocycles. The number of nitriles is 1. The van der Waals surface area contributed by atoms with Crippen LogP contribution in [0.3, 0.4) is 0 Å². The predicted molar refractivity (Wildman–Crippen MR) is 93.1 cm³/mol. The monoisotopic (exact) mass is 343 g/mol. The second kappa shape index (κ2) is 8.73. The van der Waals surface area contributed by atoms with Crippen LogP contribution >= 0.6 is 0 Å². The molecule has 0 saturated carbocycles. The van der Waals surface area contributed by atoms with Gasteiger partial charge in [0.05, 0.1) is 13.2 Å². The molecule has 0 N–H and O–H groups in total. The van der Waals surface area contributed by atoms with Crippen molar-refractivity contribution >= 4 is 0 Å². The minimum absolute atomic E-state index is 0.0566. The van der Waals surface area contributed by atoms with Crippen LogP contribution in [0.5, 0.6) is 11.5 Å². The van der Waals surface area contributed by atoms with Crippen molar-refractivity contribution in [1.82, 2.24) is 9.13 Å². The number of rotatable bonds is 8. The summed E-state index contributed by atoms with van der Waals surface area (Å²) in [7, 11) is 0. The minimum Gasteiger partial charge on any atom is -0.494 e. The van der Waals surface area contributed by atoms with Gasteiger partial charge >= 0.3 is 5.69 Å². The van der Waals surface area contributed by atoms with E-state index in [1.807, 2.05) is 13.0 Å². The van der Waals surface area contributed by atoms with Crippen LogP contribution in [0.4, 0.5) is 0 Å². The summed E-state index contributed by atoms with van der Waals surface area (Å²) in [5.41, 5.74) is -1.10. The number of hydrogen-bond donors (Lipinski definition) is 0. The number of hydrogen-bond acceptors (Lipinski definition) is 5. The third-order valence-electron chi connectivity index (χ3n) is 3.58. The Morgan fingerprint density at radius 3 is 2.16 bits per heavy atom. The summed E-state index contributed by atoms with van der Waals surface area (Å²) in [6.07, 6.45) is 2.22. The first-order chi connectivity index (χ1) is 12.1. The number of aromatic nitrogens is 2. The average Bonchev–Trinajstić information content (AvgIpc) is 2.64. The van der Waals surface area contributed by atoms with Crippen molar-refractivity contribution in [3.8, 4) is 17.6 Å². The molecule has 0 aliphatic heterocycles. The van der Waals surface area contributed by atoms with Crippen LogP contribution < -0.4 is 20.7 Å². The molecule has 7 heteroatoms. The number of benzene rings is 1. The van der Waals surface area contributed by atoms with E-state index in [1.165, 1.54) is 10.8 Å². The normalized spacial score (nSPS) is 10.3. The lowest BCUT2D eigenvalue weighted by atomic mass is 10.3. The molecule has 0 amide bonds. The summed E-state index contributed by atoms with van der Waals surface area (Å²) in [6, 6.07) is 8.96. The lowest BCUT2D eigenvalue weighted by Gasteiger charge is -2.11. The van der Waals surface area contributed by atoms with Crippen molar-refractivity contribution in [2.75, 3.05) is 13.2 Å². The molecule has 0 aliphatic rings. The van der Waals surface area contributed by atoms with E-state index in [0.29, 0.717) is 18.9 Å². The third-order valence-corrected chi connectivity index (χ3v) is 3.58. The lowest BCUT2D eigenvalue weighted by Crippen LogP contribution is -2.41. The van der Waals surface area contributed by atoms with Gasteiger partial charge in [0.25, 0.3) is 5.56 Å². The smallest absolute Gasteiger partial charge is 0.331 e. The van der Waals surface area contributed by atoms with E-state index in [2.05, 4.69) is 0 Å². The van der Waals surface area contributed by atoms with Gasteiger partial charge in [-0.25, -0.2) is 4.79 Å². The van der Waals surface area contributed by atoms with Crippen molar-refractivity contribution < 1.29 is 9.47 Å². The van der Waals surface area contributed by atoms with Crippen molar-refractivity contribution in [1.29, 1.82) is 5.26 Å². The zero-order valence-corrected chi connectivity index (χ0v) is 14.4. The van der Waals surface area contributed by atoms with Gasteiger partial charge in [-0.15, -0.1) is 0 Å². The predicted octanol–water partition coefficient (Wildman–Crippen LogP) is 1.77. The molecule has 25 heavy (non-hydrogen) atoms. The van der Waals surface area contributed by atoms with Gasteiger partial charge in [-0.1, -0.05) is 6.92 Å². The van der Waals surface area contributed by atoms with Crippen LogP contribution in [-0.2, 0) is 13.1 Å². The van der Waals surface area contributed by atoms with Gasteiger partial charge in [0, 0.05) is 12.7 Å². The van der Waals surface area contributed by atoms with E-state index >= 15 is 0 Å². The quantitative estimate of drug-likeness (QED) is 0.729. The van der Waals surface area contributed by atoms with E-state index in [4.69, 9.17) is 14.7 Å². The van der Waals surface area contributed by atoms with E-state index in [0.717, 1.165) is 16.7 Å². The Balaban J connectivity index is 2.06. The molecule has 1 aromatic carbocycles. The van der Waals surface area contributed by atoms with Gasteiger partial charge in [0.15, 0.2) is 0 Å². The molecule has 0 unspecified atom stereocenters. The summed E-state index contributed by atoms with van der Waals surface area (Å²) in [5.74, 6) is 1.38. The summed E-state index contributed by atoms with van der Waals surface area (Å²) < 4.78 is 13.4. The summed E-state index contributed by atoms with van der Waals surface area (Å²) in [4.78, 5) is 24.4. The fraction of sp³-hybridized carbons (Fsp3) is 0.389. The Bertz CT molecular complexity index is 860. The second-order valence-electron chi connectivity index (χ2n) is 5.35. The van der Waals surface area contributed by atoms with E-state index in [9.17, 15) is 9.59 Å². The minimum atomic E-state index is -0.593. The topological polar surface area (TPSA) is 86.2 Å². The standard InChI is InChI=1S/C18H21N3O4/c1-3-10-24-15-5-7-16(8-6-15)25-11-9-21-17(22)14(12-19)13-20(4-2)18(21)23/h5-8,13H,3-4,9-11H2,1-2H3. The van der Waals surface area contributed by atoms with Gasteiger partial charge in [0.2, 0.25) is 0 Å². The Kier molecular flexibility index (Phi) is 6.40. The summed E-state index contributed by atoms with van der Waals surface area (Å²) in [5, 5.41) is 9.02. The number of aryl methyl sites for hydroxylation is 1. The Morgan fingerprint density at radius 2 is 1.64 bits per heavy atom. The Labute approximate surface area is 145 Å². The first-order valence-corrected chi connectivity index (χ1v) is 8.20. The molecule has 0 bridgehead atoms. The van der Waals surface area contributed by atoms with Crippen LogP contribution in [0, 0.1) is 11.3 Å². The van der Waals surface area contributed by atoms with Gasteiger partial charge in [-0.2, -0.15) is 5.26 Å². The molecule has 0 fully saturated rings. The van der Waals surface area contributed by atoms with Crippen LogP contribution in [-0.4, -0.2) is 22.3 Å². The Hall–Kier alpha value is -3.01. The number of nitrogens with zero attached hydrogens (tertiary/aromatic N) is 3. The van der Waals surface area contributed by atoms with Gasteiger partial charge in [-0.05, 0) is 37.6 Å². The Morgan fingerprint density at radius 1 is 1.04 bits per heavy atom. The first-order valence-electron chi connectivity index (χ1n) is 8.20. The van der Waals surface area contributed by atoms with Crippen LogP contribution in [0.25, 0.3) is 0 Å². The highest BCUT2D eigenvalue weighted by Crippen LogP contribution is 2.17. The van der Waals surface area contributed by atoms with Crippen molar-refractivity contribution in [2.45, 2.75) is 33.4 Å². The average molecular weight is 343 g/mol. The van der Waals surface area contributed by atoms with Crippen molar-refractivity contribution in [3.05, 3.63) is 56.9 Å². The molecule has 1 heterocycles. The van der Waals surface area contributed by atoms with Crippen LogP contribution in [0.15, 0.2) is 40.1 Å². The molecule has 0 spiro atoms. The van der Waals surface area contributed by atoms with Gasteiger partial charge in [-0.3, -0.25) is 13.9 Å². The van der Waals surface area contributed by atoms with E-state index in [-0.39, 0.29) is 18.7 Å². The fourth-order valence-corrected chi connectivity index (χ4v) is 2.26. The molecule has 7 nitrogen and oxygen atoms in total. The highest BCUT2D eigenvalue weighted by Gasteiger charge is 2.10. The SMILES string of the molecule is CCCOc1ccc(OCCn2c(=O)c(C#N)cn(CC)c2=O)cc1. The number of ether oxygens (including phenoxy) is 2. The zero-order valence-electron chi connectivity index (χ0n) is 14.4.